The Labute approximate surface area is 374 Å². The summed E-state index contributed by atoms with van der Waals surface area (Å²) in [4.78, 5) is 0. The molecule has 0 amide bonds. The Bertz CT molecular complexity index is 3330. The van der Waals surface area contributed by atoms with E-state index in [-0.39, 0.29) is 28.1 Å². The first-order valence-corrected chi connectivity index (χ1v) is 20.9. The zero-order valence-corrected chi connectivity index (χ0v) is 35.5. The zero-order valence-electron chi connectivity index (χ0n) is 33.9. The molecule has 2 aliphatic heterocycles. The lowest BCUT2D eigenvalue weighted by molar-refractivity contribution is -0.977. The summed E-state index contributed by atoms with van der Waals surface area (Å²) in [6, 6.07) is 49.1. The summed E-state index contributed by atoms with van der Waals surface area (Å²) in [5, 5.41) is 7.71. The highest BCUT2D eigenvalue weighted by atomic mass is 79.9. The van der Waals surface area contributed by atoms with Gasteiger partial charge in [-0.05, 0) is 113 Å². The van der Waals surface area contributed by atoms with E-state index in [9.17, 15) is 8.78 Å². The van der Waals surface area contributed by atoms with Crippen molar-refractivity contribution in [1.29, 1.82) is 0 Å². The van der Waals surface area contributed by atoms with Crippen molar-refractivity contribution in [3.63, 3.8) is 0 Å². The van der Waals surface area contributed by atoms with Crippen LogP contribution in [0, 0.1) is 34.9 Å². The summed E-state index contributed by atoms with van der Waals surface area (Å²) >= 11 is 0. The van der Waals surface area contributed by atoms with Gasteiger partial charge in [0.15, 0.2) is 34.9 Å². The molecular formula is C56H34BrF6N. The van der Waals surface area contributed by atoms with Crippen LogP contribution in [0.5, 0.6) is 0 Å². The van der Waals surface area contributed by atoms with Gasteiger partial charge in [0.1, 0.15) is 26.2 Å². The molecule has 0 saturated carbocycles. The Morgan fingerprint density at radius 3 is 1.03 bits per heavy atom. The molecule has 0 aromatic heterocycles. The number of halogens is 7. The topological polar surface area (TPSA) is 0 Å². The van der Waals surface area contributed by atoms with Crippen molar-refractivity contribution in [2.75, 3.05) is 0 Å². The van der Waals surface area contributed by atoms with Crippen molar-refractivity contribution >= 4 is 43.1 Å². The first kappa shape index (κ1) is 40.1. The minimum absolute atomic E-state index is 0. The van der Waals surface area contributed by atoms with Gasteiger partial charge in [0.2, 0.25) is 0 Å². The maximum Gasteiger partial charge on any atom is 0.194 e. The number of fused-ring (bicyclic) bond motifs is 14. The molecule has 2 heterocycles. The van der Waals surface area contributed by atoms with Crippen LogP contribution in [-0.4, -0.2) is 4.48 Å². The molecule has 64 heavy (non-hydrogen) atoms. The second kappa shape index (κ2) is 14.9. The molecule has 0 aliphatic carbocycles. The van der Waals surface area contributed by atoms with E-state index in [4.69, 9.17) is 0 Å². The van der Waals surface area contributed by atoms with Crippen molar-refractivity contribution in [2.24, 2.45) is 0 Å². The third kappa shape index (κ3) is 6.10. The van der Waals surface area contributed by atoms with Crippen molar-refractivity contribution in [1.82, 2.24) is 0 Å². The van der Waals surface area contributed by atoms with Crippen LogP contribution in [0.2, 0.25) is 0 Å². The molecule has 0 saturated heterocycles. The Kier molecular flexibility index (Phi) is 9.35. The summed E-state index contributed by atoms with van der Waals surface area (Å²) < 4.78 is 91.5. The van der Waals surface area contributed by atoms with E-state index in [1.54, 1.807) is 0 Å². The molecule has 0 radical (unpaired) electrons. The third-order valence-corrected chi connectivity index (χ3v) is 13.4. The van der Waals surface area contributed by atoms with E-state index in [0.29, 0.717) is 41.8 Å². The number of hydrogen-bond acceptors (Lipinski definition) is 0. The minimum Gasteiger partial charge on any atom is -1.00 e. The molecule has 0 N–H and O–H groups in total. The van der Waals surface area contributed by atoms with Crippen LogP contribution in [-0.2, 0) is 26.2 Å². The average Bonchev–Trinajstić information content (AvgIpc) is 3.54. The van der Waals surface area contributed by atoms with E-state index < -0.39 is 34.9 Å². The molecule has 1 spiro atoms. The molecule has 8 heteroatoms. The second-order valence-electron chi connectivity index (χ2n) is 17.1. The molecule has 0 fully saturated rings. The van der Waals surface area contributed by atoms with E-state index in [2.05, 4.69) is 60.7 Å². The first-order chi connectivity index (χ1) is 30.6. The highest BCUT2D eigenvalue weighted by Gasteiger charge is 2.42. The molecule has 0 bridgehead atoms. The summed E-state index contributed by atoms with van der Waals surface area (Å²) in [6.07, 6.45) is 0. The van der Waals surface area contributed by atoms with Gasteiger partial charge >= 0.3 is 0 Å². The van der Waals surface area contributed by atoms with E-state index in [1.807, 2.05) is 72.8 Å². The largest absolute Gasteiger partial charge is 1.00 e. The van der Waals surface area contributed by atoms with Crippen LogP contribution < -0.4 is 17.0 Å². The van der Waals surface area contributed by atoms with Crippen LogP contribution >= 0.6 is 0 Å². The predicted molar refractivity (Wildman–Crippen MR) is 239 cm³/mol. The maximum atomic E-state index is 15.4. The van der Waals surface area contributed by atoms with Gasteiger partial charge in [-0.2, -0.15) is 0 Å². The molecule has 0 atom stereocenters. The monoisotopic (exact) mass is 913 g/mol. The molecule has 10 aromatic carbocycles. The summed E-state index contributed by atoms with van der Waals surface area (Å²) in [5.41, 5.74) is 9.10. The molecular weight excluding hydrogens is 881 g/mol. The third-order valence-electron chi connectivity index (χ3n) is 13.4. The van der Waals surface area contributed by atoms with E-state index in [0.717, 1.165) is 112 Å². The zero-order chi connectivity index (χ0) is 42.7. The summed E-state index contributed by atoms with van der Waals surface area (Å²) in [5.74, 6) is -8.28. The van der Waals surface area contributed by atoms with Crippen molar-refractivity contribution in [2.45, 2.75) is 26.2 Å². The predicted octanol–water partition coefficient (Wildman–Crippen LogP) is 12.4. The van der Waals surface area contributed by atoms with Crippen molar-refractivity contribution in [3.05, 3.63) is 215 Å². The van der Waals surface area contributed by atoms with E-state index in [1.165, 1.54) is 0 Å². The Balaban J connectivity index is 0.00000456. The maximum absolute atomic E-state index is 15.4. The SMILES string of the molecule is Fc1cc(-c2cc3ccccc3c3c2C[N+]2(Cc4ccc5ccccc5c4-c4c(ccc5ccccc45)C2)Cc2c(-c4cc(F)c(F)c(F)c4)cc4ccccc4c2-3)cc(F)c1F.[Br-]. The highest BCUT2D eigenvalue weighted by Crippen LogP contribution is 2.53. The Morgan fingerprint density at radius 2 is 0.656 bits per heavy atom. The molecule has 2 aliphatic rings. The number of hydrogen-bond donors (Lipinski definition) is 0. The Morgan fingerprint density at radius 1 is 0.328 bits per heavy atom. The van der Waals surface area contributed by atoms with Gasteiger partial charge in [0.25, 0.3) is 0 Å². The molecule has 312 valence electrons. The molecule has 10 aromatic rings. The lowest BCUT2D eigenvalue weighted by Gasteiger charge is -2.39. The fourth-order valence-electron chi connectivity index (χ4n) is 10.8. The number of rotatable bonds is 2. The summed E-state index contributed by atoms with van der Waals surface area (Å²) in [7, 11) is 0. The van der Waals surface area contributed by atoms with Crippen LogP contribution in [0.15, 0.2) is 158 Å². The highest BCUT2D eigenvalue weighted by molar-refractivity contribution is 6.12. The van der Waals surface area contributed by atoms with E-state index >= 15 is 17.6 Å². The standard InChI is InChI=1S/C56H34F6N.BrH/c57-47-23-37(24-48(58)55(47)61)43-21-33-11-3-7-15-41(33)53-45(43)29-63(30-46-44(38-25-49(59)56(62)50(60)26-38)22-34-12-4-8-16-42(34)54(46)53)27-35-19-17-31-9-1-5-13-39(31)51(35)52-36(28-63)20-18-32-10-2-6-14-40(32)52;/h1-26H,27-30H2;1H/q+1;/p-1. The number of benzene rings is 10. The fraction of sp³-hybridized carbons (Fsp3) is 0.0714. The van der Waals surface area contributed by atoms with Crippen LogP contribution in [0.1, 0.15) is 22.3 Å². The number of quaternary nitrogens is 1. The van der Waals surface area contributed by atoms with Gasteiger partial charge in [-0.1, -0.05) is 121 Å². The van der Waals surface area contributed by atoms with Gasteiger partial charge < -0.3 is 21.5 Å². The molecule has 1 nitrogen and oxygen atoms in total. The van der Waals surface area contributed by atoms with Gasteiger partial charge in [-0.25, -0.2) is 26.3 Å². The van der Waals surface area contributed by atoms with Crippen molar-refractivity contribution in [3.8, 4) is 44.5 Å². The molecule has 0 unspecified atom stereocenters. The smallest absolute Gasteiger partial charge is 0.194 e. The quantitative estimate of drug-likeness (QED) is 0.0921. The van der Waals surface area contributed by atoms with Crippen LogP contribution in [0.25, 0.3) is 87.6 Å². The number of nitrogens with zero attached hydrogens (tertiary/aromatic N) is 1. The minimum atomic E-state index is -1.55. The lowest BCUT2D eigenvalue weighted by atomic mass is 9.82. The van der Waals surface area contributed by atoms with Crippen LogP contribution in [0.3, 0.4) is 0 Å². The van der Waals surface area contributed by atoms with Gasteiger partial charge in [-0.3, -0.25) is 0 Å². The van der Waals surface area contributed by atoms with Crippen LogP contribution in [0.4, 0.5) is 26.3 Å². The summed E-state index contributed by atoms with van der Waals surface area (Å²) in [6.45, 7) is 1.70. The Hall–Kier alpha value is -6.74. The molecule has 12 rings (SSSR count). The normalized spacial score (nSPS) is 13.8. The fourth-order valence-corrected chi connectivity index (χ4v) is 10.8. The van der Waals surface area contributed by atoms with Gasteiger partial charge in [-0.15, -0.1) is 0 Å². The lowest BCUT2D eigenvalue weighted by Crippen LogP contribution is -3.00. The van der Waals surface area contributed by atoms with Gasteiger partial charge in [0.05, 0.1) is 0 Å². The average molecular weight is 915 g/mol. The second-order valence-corrected chi connectivity index (χ2v) is 17.1. The first-order valence-electron chi connectivity index (χ1n) is 20.9. The van der Waals surface area contributed by atoms with Gasteiger partial charge in [0, 0.05) is 33.4 Å². The van der Waals surface area contributed by atoms with Crippen molar-refractivity contribution < 1.29 is 47.8 Å².